The number of methoxy groups -OCH3 is 1. The maximum absolute atomic E-state index is 12.5. The van der Waals surface area contributed by atoms with Crippen molar-refractivity contribution in [2.24, 2.45) is 0 Å². The maximum Gasteiger partial charge on any atom is 0.186 e. The molecule has 0 radical (unpaired) electrons. The lowest BCUT2D eigenvalue weighted by Crippen LogP contribution is -2.39. The SMILES string of the molecule is CCCn1ncc(OC)c1C(=O)CC1CSCCN1. The number of aryl methyl sites for hydroxylation is 1. The summed E-state index contributed by atoms with van der Waals surface area (Å²) in [5, 5.41) is 7.62. The Bertz CT molecular complexity index is 428. The van der Waals surface area contributed by atoms with Crippen molar-refractivity contribution in [2.75, 3.05) is 25.2 Å². The number of aromatic nitrogens is 2. The van der Waals surface area contributed by atoms with E-state index in [1.54, 1.807) is 18.0 Å². The lowest BCUT2D eigenvalue weighted by Gasteiger charge is -2.22. The summed E-state index contributed by atoms with van der Waals surface area (Å²) in [5.74, 6) is 2.82. The van der Waals surface area contributed by atoms with Crippen molar-refractivity contribution in [2.45, 2.75) is 32.4 Å². The van der Waals surface area contributed by atoms with Crippen molar-refractivity contribution in [3.8, 4) is 5.75 Å². The van der Waals surface area contributed by atoms with Gasteiger partial charge in [0.05, 0.1) is 13.3 Å². The molecule has 1 saturated heterocycles. The van der Waals surface area contributed by atoms with Crippen molar-refractivity contribution in [1.82, 2.24) is 15.1 Å². The highest BCUT2D eigenvalue weighted by Gasteiger charge is 2.23. The quantitative estimate of drug-likeness (QED) is 0.803. The van der Waals surface area contributed by atoms with Crippen LogP contribution in [0.3, 0.4) is 0 Å². The number of nitrogens with zero attached hydrogens (tertiary/aromatic N) is 2. The van der Waals surface area contributed by atoms with E-state index < -0.39 is 0 Å². The molecule has 1 aliphatic rings. The highest BCUT2D eigenvalue weighted by Crippen LogP contribution is 2.21. The molecular formula is C13H21N3O2S. The summed E-state index contributed by atoms with van der Waals surface area (Å²) < 4.78 is 7.01. The van der Waals surface area contributed by atoms with E-state index >= 15 is 0 Å². The first-order valence-electron chi connectivity index (χ1n) is 6.70. The van der Waals surface area contributed by atoms with Crippen LogP contribution in [0.5, 0.6) is 5.75 Å². The molecule has 1 atom stereocenters. The average molecular weight is 283 g/mol. The van der Waals surface area contributed by atoms with Crippen LogP contribution in [0.2, 0.25) is 0 Å². The normalized spacial score (nSPS) is 19.4. The predicted molar refractivity (Wildman–Crippen MR) is 77.1 cm³/mol. The fourth-order valence-electron chi connectivity index (χ4n) is 2.25. The van der Waals surface area contributed by atoms with E-state index in [4.69, 9.17) is 4.74 Å². The molecule has 2 rings (SSSR count). The van der Waals surface area contributed by atoms with Crippen LogP contribution in [0.1, 0.15) is 30.3 Å². The van der Waals surface area contributed by atoms with Gasteiger partial charge in [-0.2, -0.15) is 16.9 Å². The number of nitrogens with one attached hydrogen (secondary N) is 1. The minimum atomic E-state index is 0.114. The van der Waals surface area contributed by atoms with Crippen LogP contribution in [0.4, 0.5) is 0 Å². The van der Waals surface area contributed by atoms with Crippen LogP contribution in [0.25, 0.3) is 0 Å². The van der Waals surface area contributed by atoms with Gasteiger partial charge in [0.2, 0.25) is 0 Å². The van der Waals surface area contributed by atoms with Crippen LogP contribution >= 0.6 is 11.8 Å². The molecule has 0 aromatic carbocycles. The minimum Gasteiger partial charge on any atom is -0.493 e. The molecule has 6 heteroatoms. The summed E-state index contributed by atoms with van der Waals surface area (Å²) in [6.07, 6.45) is 3.09. The smallest absolute Gasteiger partial charge is 0.186 e. The van der Waals surface area contributed by atoms with Crippen LogP contribution in [-0.4, -0.2) is 46.8 Å². The molecule has 0 aliphatic carbocycles. The molecule has 1 aromatic heterocycles. The van der Waals surface area contributed by atoms with Crippen LogP contribution in [0, 0.1) is 0 Å². The molecule has 19 heavy (non-hydrogen) atoms. The predicted octanol–water partition coefficient (Wildman–Crippen LogP) is 1.58. The van der Waals surface area contributed by atoms with Crippen molar-refractivity contribution < 1.29 is 9.53 Å². The van der Waals surface area contributed by atoms with Gasteiger partial charge >= 0.3 is 0 Å². The standard InChI is InChI=1S/C13H21N3O2S/c1-3-5-16-13(12(18-2)8-15-16)11(17)7-10-9-19-6-4-14-10/h8,10,14H,3-7,9H2,1-2H3. The lowest BCUT2D eigenvalue weighted by atomic mass is 10.1. The number of carbonyl (C=O) groups excluding carboxylic acids is 1. The second-order valence-corrected chi connectivity index (χ2v) is 5.79. The number of ketones is 1. The largest absolute Gasteiger partial charge is 0.493 e. The fourth-order valence-corrected chi connectivity index (χ4v) is 3.20. The van der Waals surface area contributed by atoms with Crippen molar-refractivity contribution in [1.29, 1.82) is 0 Å². The second kappa shape index (κ2) is 6.96. The Morgan fingerprint density at radius 3 is 3.16 bits per heavy atom. The first-order valence-corrected chi connectivity index (χ1v) is 7.85. The zero-order valence-corrected chi connectivity index (χ0v) is 12.3. The van der Waals surface area contributed by atoms with E-state index in [1.165, 1.54) is 0 Å². The first-order chi connectivity index (χ1) is 9.26. The highest BCUT2D eigenvalue weighted by molar-refractivity contribution is 7.99. The number of ether oxygens (including phenoxy) is 1. The molecule has 1 unspecified atom stereocenters. The number of hydrogen-bond acceptors (Lipinski definition) is 5. The number of carbonyl (C=O) groups is 1. The van der Waals surface area contributed by atoms with Gasteiger partial charge in [0.15, 0.2) is 11.5 Å². The van der Waals surface area contributed by atoms with Gasteiger partial charge in [0, 0.05) is 37.1 Å². The summed E-state index contributed by atoms with van der Waals surface area (Å²) in [6.45, 7) is 3.80. The summed E-state index contributed by atoms with van der Waals surface area (Å²) in [6, 6.07) is 0.265. The van der Waals surface area contributed by atoms with Crippen molar-refractivity contribution in [3.05, 3.63) is 11.9 Å². The zero-order chi connectivity index (χ0) is 13.7. The summed E-state index contributed by atoms with van der Waals surface area (Å²) in [7, 11) is 1.58. The summed E-state index contributed by atoms with van der Waals surface area (Å²) in [4.78, 5) is 12.5. The fraction of sp³-hybridized carbons (Fsp3) is 0.692. The van der Waals surface area contributed by atoms with E-state index in [0.717, 1.165) is 31.0 Å². The molecule has 2 heterocycles. The molecule has 1 N–H and O–H groups in total. The van der Waals surface area contributed by atoms with Gasteiger partial charge in [-0.3, -0.25) is 9.48 Å². The van der Waals surface area contributed by atoms with E-state index in [1.807, 2.05) is 11.8 Å². The molecule has 1 aromatic rings. The van der Waals surface area contributed by atoms with Gasteiger partial charge in [-0.05, 0) is 6.42 Å². The third kappa shape index (κ3) is 3.51. The lowest BCUT2D eigenvalue weighted by molar-refractivity contribution is 0.0958. The third-order valence-corrected chi connectivity index (χ3v) is 4.29. The maximum atomic E-state index is 12.5. The van der Waals surface area contributed by atoms with Crippen molar-refractivity contribution >= 4 is 17.5 Å². The van der Waals surface area contributed by atoms with E-state index in [2.05, 4.69) is 17.3 Å². The number of hydrogen-bond donors (Lipinski definition) is 1. The molecule has 0 saturated carbocycles. The molecule has 5 nitrogen and oxygen atoms in total. The number of rotatable bonds is 6. The number of Topliss-reactive ketones (excluding diaryl/α,β-unsaturated/α-hetero) is 1. The first kappa shape index (κ1) is 14.4. The Morgan fingerprint density at radius 2 is 2.53 bits per heavy atom. The van der Waals surface area contributed by atoms with E-state index in [-0.39, 0.29) is 11.8 Å². The van der Waals surface area contributed by atoms with Crippen LogP contribution in [-0.2, 0) is 6.54 Å². The van der Waals surface area contributed by atoms with Gasteiger partial charge in [-0.1, -0.05) is 6.92 Å². The number of thioether (sulfide) groups is 1. The third-order valence-electron chi connectivity index (χ3n) is 3.16. The van der Waals surface area contributed by atoms with Crippen molar-refractivity contribution in [3.63, 3.8) is 0 Å². The molecule has 0 spiro atoms. The van der Waals surface area contributed by atoms with Gasteiger partial charge in [0.1, 0.15) is 5.69 Å². The van der Waals surface area contributed by atoms with Gasteiger partial charge in [-0.15, -0.1) is 0 Å². The monoisotopic (exact) mass is 283 g/mol. The molecule has 1 fully saturated rings. The Labute approximate surface area is 118 Å². The molecule has 106 valence electrons. The van der Waals surface area contributed by atoms with Crippen LogP contribution in [0.15, 0.2) is 6.20 Å². The molecule has 0 amide bonds. The second-order valence-electron chi connectivity index (χ2n) is 4.64. The van der Waals surface area contributed by atoms with Gasteiger partial charge in [0.25, 0.3) is 0 Å². The topological polar surface area (TPSA) is 56.2 Å². The van der Waals surface area contributed by atoms with Gasteiger partial charge < -0.3 is 10.1 Å². The molecule has 0 bridgehead atoms. The average Bonchev–Trinajstić information content (AvgIpc) is 2.83. The van der Waals surface area contributed by atoms with Gasteiger partial charge in [-0.25, -0.2) is 0 Å². The Kier molecular flexibility index (Phi) is 5.27. The zero-order valence-electron chi connectivity index (χ0n) is 11.5. The Morgan fingerprint density at radius 1 is 1.68 bits per heavy atom. The Balaban J connectivity index is 2.09. The van der Waals surface area contributed by atoms with Crippen LogP contribution < -0.4 is 10.1 Å². The molecule has 1 aliphatic heterocycles. The van der Waals surface area contributed by atoms with E-state index in [9.17, 15) is 4.79 Å². The van der Waals surface area contributed by atoms with E-state index in [0.29, 0.717) is 17.9 Å². The minimum absolute atomic E-state index is 0.114. The Hall–Kier alpha value is -1.01. The summed E-state index contributed by atoms with van der Waals surface area (Å²) in [5.41, 5.74) is 0.613. The highest BCUT2D eigenvalue weighted by atomic mass is 32.2. The molecular weight excluding hydrogens is 262 g/mol. The summed E-state index contributed by atoms with van der Waals surface area (Å²) >= 11 is 1.90.